The first-order valence-corrected chi connectivity index (χ1v) is 9.24. The van der Waals surface area contributed by atoms with Crippen LogP contribution in [0.15, 0.2) is 46.8 Å². The average Bonchev–Trinajstić information content (AvgIpc) is 3.10. The van der Waals surface area contributed by atoms with Gasteiger partial charge in [0.15, 0.2) is 5.96 Å². The summed E-state index contributed by atoms with van der Waals surface area (Å²) in [6.45, 7) is 6.34. The number of non-ortho nitro benzene ring substituents is 1. The molecule has 26 heavy (non-hydrogen) atoms. The number of nitrogens with zero attached hydrogens (tertiary/aromatic N) is 2. The molecule has 0 aliphatic carbocycles. The van der Waals surface area contributed by atoms with E-state index in [9.17, 15) is 10.1 Å². The van der Waals surface area contributed by atoms with Crippen LogP contribution in [0.25, 0.3) is 0 Å². The first kappa shape index (κ1) is 22.4. The van der Waals surface area contributed by atoms with Crippen LogP contribution in [0, 0.1) is 16.0 Å². The lowest BCUT2D eigenvalue weighted by Crippen LogP contribution is -2.39. The molecule has 1 unspecified atom stereocenters. The zero-order valence-electron chi connectivity index (χ0n) is 15.0. The van der Waals surface area contributed by atoms with E-state index in [1.54, 1.807) is 23.5 Å². The molecule has 6 nitrogen and oxygen atoms in total. The van der Waals surface area contributed by atoms with Gasteiger partial charge in [0.25, 0.3) is 5.69 Å². The second-order valence-corrected chi connectivity index (χ2v) is 6.92. The predicted molar refractivity (Wildman–Crippen MR) is 119 cm³/mol. The van der Waals surface area contributed by atoms with Gasteiger partial charge in [-0.15, -0.1) is 35.3 Å². The zero-order valence-corrected chi connectivity index (χ0v) is 18.1. The number of aliphatic imine (C=N–C) groups is 1. The standard InChI is InChI=1S/C18H24N4O2S.HI/c1-3-19-18(20-12-14(2)11-17-5-4-10-25-17)21-13-15-6-8-16(9-7-15)22(23)24;/h4-10,14H,3,11-13H2,1-2H3,(H2,19,20,21);1H. The van der Waals surface area contributed by atoms with Crippen molar-refractivity contribution in [3.05, 3.63) is 62.3 Å². The van der Waals surface area contributed by atoms with Gasteiger partial charge in [-0.05, 0) is 36.3 Å². The van der Waals surface area contributed by atoms with Gasteiger partial charge >= 0.3 is 0 Å². The number of hydrogen-bond acceptors (Lipinski definition) is 4. The van der Waals surface area contributed by atoms with E-state index in [0.717, 1.165) is 31.0 Å². The molecule has 1 aromatic carbocycles. The second kappa shape index (κ2) is 11.8. The van der Waals surface area contributed by atoms with Crippen LogP contribution < -0.4 is 10.6 Å². The van der Waals surface area contributed by atoms with Crippen LogP contribution in [-0.2, 0) is 13.0 Å². The fourth-order valence-corrected chi connectivity index (χ4v) is 3.22. The predicted octanol–water partition coefficient (Wildman–Crippen LogP) is 4.21. The molecule has 1 heterocycles. The maximum Gasteiger partial charge on any atom is 0.269 e. The van der Waals surface area contributed by atoms with Crippen LogP contribution >= 0.6 is 35.3 Å². The second-order valence-electron chi connectivity index (χ2n) is 5.89. The lowest BCUT2D eigenvalue weighted by Gasteiger charge is -2.15. The molecule has 0 saturated heterocycles. The Morgan fingerprint density at radius 2 is 2.00 bits per heavy atom. The molecule has 0 aliphatic heterocycles. The number of guanidine groups is 1. The number of thiophene rings is 1. The Balaban J connectivity index is 0.00000338. The van der Waals surface area contributed by atoms with E-state index in [-0.39, 0.29) is 29.7 Å². The summed E-state index contributed by atoms with van der Waals surface area (Å²) in [4.78, 5) is 16.2. The van der Waals surface area contributed by atoms with Crippen LogP contribution in [0.2, 0.25) is 0 Å². The first-order valence-electron chi connectivity index (χ1n) is 8.36. The van der Waals surface area contributed by atoms with Crippen molar-refractivity contribution in [2.75, 3.05) is 13.1 Å². The summed E-state index contributed by atoms with van der Waals surface area (Å²) in [5.41, 5.74) is 1.04. The normalized spacial score (nSPS) is 12.2. The minimum absolute atomic E-state index is 0. The Morgan fingerprint density at radius 3 is 2.58 bits per heavy atom. The summed E-state index contributed by atoms with van der Waals surface area (Å²) in [5.74, 6) is 1.26. The molecule has 2 rings (SSSR count). The van der Waals surface area contributed by atoms with E-state index < -0.39 is 4.92 Å². The van der Waals surface area contributed by atoms with Gasteiger partial charge in [0.05, 0.1) is 11.5 Å². The zero-order chi connectivity index (χ0) is 18.1. The first-order chi connectivity index (χ1) is 12.1. The smallest absolute Gasteiger partial charge is 0.269 e. The van der Waals surface area contributed by atoms with Crippen LogP contribution in [0.3, 0.4) is 0 Å². The maximum atomic E-state index is 10.7. The summed E-state index contributed by atoms with van der Waals surface area (Å²) < 4.78 is 0. The molecule has 142 valence electrons. The van der Waals surface area contributed by atoms with E-state index in [1.807, 2.05) is 6.92 Å². The Labute approximate surface area is 175 Å². The molecule has 0 fully saturated rings. The highest BCUT2D eigenvalue weighted by Crippen LogP contribution is 2.14. The third-order valence-corrected chi connectivity index (χ3v) is 4.56. The van der Waals surface area contributed by atoms with Crippen molar-refractivity contribution < 1.29 is 4.92 Å². The largest absolute Gasteiger partial charge is 0.357 e. The Bertz CT molecular complexity index is 690. The summed E-state index contributed by atoms with van der Waals surface area (Å²) in [6.07, 6.45) is 1.05. The van der Waals surface area contributed by atoms with Crippen molar-refractivity contribution in [1.82, 2.24) is 10.6 Å². The number of benzene rings is 1. The molecule has 0 aliphatic rings. The molecule has 0 saturated carbocycles. The molecule has 0 spiro atoms. The fraction of sp³-hybridized carbons (Fsp3) is 0.389. The fourth-order valence-electron chi connectivity index (χ4n) is 2.35. The average molecular weight is 488 g/mol. The summed E-state index contributed by atoms with van der Waals surface area (Å²) >= 11 is 1.78. The molecule has 0 bridgehead atoms. The van der Waals surface area contributed by atoms with Crippen LogP contribution in [0.5, 0.6) is 0 Å². The lowest BCUT2D eigenvalue weighted by molar-refractivity contribution is -0.384. The van der Waals surface area contributed by atoms with Crippen molar-refractivity contribution in [1.29, 1.82) is 0 Å². The van der Waals surface area contributed by atoms with Gasteiger partial charge in [-0.1, -0.05) is 25.1 Å². The monoisotopic (exact) mass is 488 g/mol. The molecular formula is C18H25IN4O2S. The number of halogens is 1. The Hall–Kier alpha value is -1.68. The minimum Gasteiger partial charge on any atom is -0.357 e. The Kier molecular flexibility index (Phi) is 10.2. The number of nitrogens with one attached hydrogen (secondary N) is 2. The van der Waals surface area contributed by atoms with Crippen LogP contribution in [-0.4, -0.2) is 24.0 Å². The van der Waals surface area contributed by atoms with Crippen molar-refractivity contribution >= 4 is 47.0 Å². The van der Waals surface area contributed by atoms with E-state index in [4.69, 9.17) is 0 Å². The molecule has 0 radical (unpaired) electrons. The third kappa shape index (κ3) is 7.69. The van der Waals surface area contributed by atoms with Crippen molar-refractivity contribution in [2.24, 2.45) is 10.9 Å². The molecule has 2 aromatic rings. The number of hydrogen-bond donors (Lipinski definition) is 2. The molecule has 8 heteroatoms. The SMILES string of the molecule is CCNC(=NCc1ccc([N+](=O)[O-])cc1)NCC(C)Cc1cccs1.I. The van der Waals surface area contributed by atoms with Crippen molar-refractivity contribution in [3.8, 4) is 0 Å². The molecular weight excluding hydrogens is 463 g/mol. The number of rotatable bonds is 8. The van der Waals surface area contributed by atoms with Gasteiger partial charge in [0.1, 0.15) is 0 Å². The van der Waals surface area contributed by atoms with Crippen LogP contribution in [0.1, 0.15) is 24.3 Å². The van der Waals surface area contributed by atoms with E-state index in [0.29, 0.717) is 12.5 Å². The number of nitro benzene ring substituents is 1. The van der Waals surface area contributed by atoms with Crippen molar-refractivity contribution in [3.63, 3.8) is 0 Å². The van der Waals surface area contributed by atoms with Gasteiger partial charge in [-0.3, -0.25) is 10.1 Å². The van der Waals surface area contributed by atoms with E-state index in [2.05, 4.69) is 40.1 Å². The molecule has 1 aromatic heterocycles. The van der Waals surface area contributed by atoms with Gasteiger partial charge in [0.2, 0.25) is 0 Å². The summed E-state index contributed by atoms with van der Waals surface area (Å²) in [6, 6.07) is 10.7. The van der Waals surface area contributed by atoms with Gasteiger partial charge < -0.3 is 10.6 Å². The van der Waals surface area contributed by atoms with E-state index >= 15 is 0 Å². The van der Waals surface area contributed by atoms with Gasteiger partial charge in [-0.25, -0.2) is 4.99 Å². The quantitative estimate of drug-likeness (QED) is 0.192. The number of nitro groups is 1. The third-order valence-electron chi connectivity index (χ3n) is 3.66. The minimum atomic E-state index is -0.395. The highest BCUT2D eigenvalue weighted by molar-refractivity contribution is 14.0. The molecule has 0 amide bonds. The van der Waals surface area contributed by atoms with Crippen molar-refractivity contribution in [2.45, 2.75) is 26.8 Å². The van der Waals surface area contributed by atoms with Gasteiger partial charge in [0, 0.05) is 30.1 Å². The lowest BCUT2D eigenvalue weighted by atomic mass is 10.1. The Morgan fingerprint density at radius 1 is 1.27 bits per heavy atom. The van der Waals surface area contributed by atoms with E-state index in [1.165, 1.54) is 17.0 Å². The highest BCUT2D eigenvalue weighted by Gasteiger charge is 2.07. The van der Waals surface area contributed by atoms with Gasteiger partial charge in [-0.2, -0.15) is 0 Å². The molecule has 1 atom stereocenters. The molecule has 2 N–H and O–H groups in total. The highest BCUT2D eigenvalue weighted by atomic mass is 127. The summed E-state index contributed by atoms with van der Waals surface area (Å²) in [5, 5.41) is 19.4. The van der Waals surface area contributed by atoms with Crippen LogP contribution in [0.4, 0.5) is 5.69 Å². The summed E-state index contributed by atoms with van der Waals surface area (Å²) in [7, 11) is 0. The topological polar surface area (TPSA) is 79.6 Å². The maximum absolute atomic E-state index is 10.7.